The van der Waals surface area contributed by atoms with E-state index in [1.165, 1.54) is 0 Å². The lowest BCUT2D eigenvalue weighted by Gasteiger charge is -2.09. The third-order valence-corrected chi connectivity index (χ3v) is 4.56. The van der Waals surface area contributed by atoms with E-state index in [0.29, 0.717) is 28.6 Å². The molecule has 0 atom stereocenters. The minimum atomic E-state index is -0.351. The van der Waals surface area contributed by atoms with Crippen molar-refractivity contribution in [1.82, 2.24) is 0 Å². The Labute approximate surface area is 171 Å². The zero-order valence-corrected chi connectivity index (χ0v) is 17.1. The number of hydrogen-bond donors (Lipinski definition) is 1. The Kier molecular flexibility index (Phi) is 8.82. The highest BCUT2D eigenvalue weighted by molar-refractivity contribution is 6.31. The first-order chi connectivity index (χ1) is 13.5. The third kappa shape index (κ3) is 7.24. The van der Waals surface area contributed by atoms with Gasteiger partial charge in [-0.3, -0.25) is 4.79 Å². The fourth-order valence-corrected chi connectivity index (χ4v) is 2.64. The Bertz CT molecular complexity index is 790. The van der Waals surface area contributed by atoms with Crippen molar-refractivity contribution in [2.45, 2.75) is 39.5 Å². The number of anilines is 1. The largest absolute Gasteiger partial charge is 0.484 e. The summed E-state index contributed by atoms with van der Waals surface area (Å²) in [6.45, 7) is 4.31. The fraction of sp³-hybridized carbons (Fsp3) is 0.364. The molecule has 2 aromatic rings. The molecule has 2 rings (SSSR count). The van der Waals surface area contributed by atoms with Crippen molar-refractivity contribution in [3.63, 3.8) is 0 Å². The summed E-state index contributed by atoms with van der Waals surface area (Å²) in [6.07, 6.45) is 4.23. The van der Waals surface area contributed by atoms with Crippen molar-refractivity contribution in [1.29, 1.82) is 0 Å². The molecule has 2 aromatic carbocycles. The molecule has 0 heterocycles. The average molecular weight is 404 g/mol. The lowest BCUT2D eigenvalue weighted by Crippen LogP contribution is -2.20. The molecule has 0 aromatic heterocycles. The lowest BCUT2D eigenvalue weighted by atomic mass is 10.2. The number of aryl methyl sites for hydroxylation is 1. The summed E-state index contributed by atoms with van der Waals surface area (Å²) >= 11 is 5.97. The van der Waals surface area contributed by atoms with Crippen LogP contribution in [0.2, 0.25) is 5.02 Å². The maximum atomic E-state index is 12.0. The van der Waals surface area contributed by atoms with Crippen LogP contribution >= 0.6 is 11.6 Å². The van der Waals surface area contributed by atoms with Gasteiger partial charge in [-0.25, -0.2) is 4.79 Å². The quantitative estimate of drug-likeness (QED) is 0.426. The Hall–Kier alpha value is -2.53. The van der Waals surface area contributed by atoms with Crippen molar-refractivity contribution >= 4 is 29.2 Å². The summed E-state index contributed by atoms with van der Waals surface area (Å²) in [5.41, 5.74) is 1.93. The number of carbonyl (C=O) groups is 2. The molecule has 1 N–H and O–H groups in total. The molecule has 0 spiro atoms. The van der Waals surface area contributed by atoms with E-state index in [1.807, 2.05) is 6.92 Å². The van der Waals surface area contributed by atoms with E-state index < -0.39 is 0 Å². The Morgan fingerprint density at radius 3 is 2.46 bits per heavy atom. The van der Waals surface area contributed by atoms with Crippen LogP contribution in [0, 0.1) is 6.92 Å². The SMILES string of the molecule is CCCCCCOC(=O)c1ccc(NC(=O)COc2ccc(Cl)c(C)c2)cc1. The summed E-state index contributed by atoms with van der Waals surface area (Å²) in [6, 6.07) is 11.8. The Morgan fingerprint density at radius 2 is 1.79 bits per heavy atom. The molecule has 6 heteroatoms. The molecule has 0 aliphatic heterocycles. The van der Waals surface area contributed by atoms with Crippen LogP contribution in [0.15, 0.2) is 42.5 Å². The number of amides is 1. The van der Waals surface area contributed by atoms with Gasteiger partial charge in [0.25, 0.3) is 5.91 Å². The van der Waals surface area contributed by atoms with Gasteiger partial charge in [0.05, 0.1) is 12.2 Å². The number of unbranched alkanes of at least 4 members (excludes halogenated alkanes) is 3. The summed E-state index contributed by atoms with van der Waals surface area (Å²) < 4.78 is 10.7. The first-order valence-electron chi connectivity index (χ1n) is 9.45. The second kappa shape index (κ2) is 11.3. The number of rotatable bonds is 10. The number of ether oxygens (including phenoxy) is 2. The predicted molar refractivity (Wildman–Crippen MR) is 111 cm³/mol. The van der Waals surface area contributed by atoms with Crippen LogP contribution in [-0.2, 0) is 9.53 Å². The number of hydrogen-bond acceptors (Lipinski definition) is 4. The third-order valence-electron chi connectivity index (χ3n) is 4.13. The Balaban J connectivity index is 1.77. The van der Waals surface area contributed by atoms with Crippen molar-refractivity contribution in [2.24, 2.45) is 0 Å². The smallest absolute Gasteiger partial charge is 0.338 e. The van der Waals surface area contributed by atoms with E-state index in [4.69, 9.17) is 21.1 Å². The van der Waals surface area contributed by atoms with E-state index in [9.17, 15) is 9.59 Å². The minimum Gasteiger partial charge on any atom is -0.484 e. The van der Waals surface area contributed by atoms with Gasteiger partial charge in [-0.05, 0) is 61.4 Å². The number of halogens is 1. The van der Waals surface area contributed by atoms with Crippen LogP contribution in [-0.4, -0.2) is 25.1 Å². The van der Waals surface area contributed by atoms with Crippen LogP contribution in [0.3, 0.4) is 0 Å². The molecule has 0 aliphatic rings. The number of esters is 1. The maximum Gasteiger partial charge on any atom is 0.338 e. The van der Waals surface area contributed by atoms with E-state index >= 15 is 0 Å². The highest BCUT2D eigenvalue weighted by atomic mass is 35.5. The van der Waals surface area contributed by atoms with E-state index in [-0.39, 0.29) is 18.5 Å². The molecular weight excluding hydrogens is 378 g/mol. The molecule has 0 saturated heterocycles. The van der Waals surface area contributed by atoms with Gasteiger partial charge in [-0.2, -0.15) is 0 Å². The summed E-state index contributed by atoms with van der Waals surface area (Å²) in [4.78, 5) is 24.0. The van der Waals surface area contributed by atoms with Crippen LogP contribution in [0.25, 0.3) is 0 Å². The molecule has 0 bridgehead atoms. The van der Waals surface area contributed by atoms with Crippen LogP contribution in [0.4, 0.5) is 5.69 Å². The molecule has 150 valence electrons. The number of carbonyl (C=O) groups excluding carboxylic acids is 2. The van der Waals surface area contributed by atoms with Gasteiger partial charge in [-0.15, -0.1) is 0 Å². The molecule has 5 nitrogen and oxygen atoms in total. The van der Waals surface area contributed by atoms with Gasteiger partial charge in [0.1, 0.15) is 5.75 Å². The summed E-state index contributed by atoms with van der Waals surface area (Å²) in [5.74, 6) is -0.0660. The van der Waals surface area contributed by atoms with Gasteiger partial charge < -0.3 is 14.8 Å². The van der Waals surface area contributed by atoms with Crippen molar-refractivity contribution in [3.05, 3.63) is 58.6 Å². The van der Waals surface area contributed by atoms with Gasteiger partial charge >= 0.3 is 5.97 Å². The highest BCUT2D eigenvalue weighted by Crippen LogP contribution is 2.21. The first-order valence-corrected chi connectivity index (χ1v) is 9.83. The fourth-order valence-electron chi connectivity index (χ4n) is 2.52. The second-order valence-corrected chi connectivity index (χ2v) is 6.93. The average Bonchev–Trinajstić information content (AvgIpc) is 2.69. The summed E-state index contributed by atoms with van der Waals surface area (Å²) in [5, 5.41) is 3.38. The molecule has 1 amide bonds. The second-order valence-electron chi connectivity index (χ2n) is 6.52. The van der Waals surface area contributed by atoms with E-state index in [0.717, 1.165) is 31.2 Å². The van der Waals surface area contributed by atoms with E-state index in [2.05, 4.69) is 12.2 Å². The normalized spacial score (nSPS) is 10.4. The zero-order chi connectivity index (χ0) is 20.4. The van der Waals surface area contributed by atoms with Gasteiger partial charge in [0.15, 0.2) is 6.61 Å². The molecule has 0 aliphatic carbocycles. The van der Waals surface area contributed by atoms with Crippen LogP contribution < -0.4 is 10.1 Å². The van der Waals surface area contributed by atoms with E-state index in [1.54, 1.807) is 42.5 Å². The van der Waals surface area contributed by atoms with Crippen molar-refractivity contribution < 1.29 is 19.1 Å². The maximum absolute atomic E-state index is 12.0. The molecule has 0 saturated carbocycles. The predicted octanol–water partition coefficient (Wildman–Crippen LogP) is 5.40. The van der Waals surface area contributed by atoms with Crippen LogP contribution in [0.5, 0.6) is 5.75 Å². The molecule has 0 fully saturated rings. The lowest BCUT2D eigenvalue weighted by molar-refractivity contribution is -0.118. The molecule has 0 radical (unpaired) electrons. The number of benzene rings is 2. The highest BCUT2D eigenvalue weighted by Gasteiger charge is 2.09. The molecular formula is C22H26ClNO4. The zero-order valence-electron chi connectivity index (χ0n) is 16.3. The monoisotopic (exact) mass is 403 g/mol. The standard InChI is InChI=1S/C22H26ClNO4/c1-3-4-5-6-13-27-22(26)17-7-9-18(10-8-17)24-21(25)15-28-19-11-12-20(23)16(2)14-19/h7-12,14H,3-6,13,15H2,1-2H3,(H,24,25). The molecule has 28 heavy (non-hydrogen) atoms. The van der Waals surface area contributed by atoms with Crippen LogP contribution in [0.1, 0.15) is 48.5 Å². The van der Waals surface area contributed by atoms with Gasteiger partial charge in [-0.1, -0.05) is 37.8 Å². The molecule has 0 unspecified atom stereocenters. The van der Waals surface area contributed by atoms with Crippen molar-refractivity contribution in [2.75, 3.05) is 18.5 Å². The topological polar surface area (TPSA) is 64.6 Å². The Morgan fingerprint density at radius 1 is 1.04 bits per heavy atom. The van der Waals surface area contributed by atoms with Gasteiger partial charge in [0.2, 0.25) is 0 Å². The number of nitrogens with one attached hydrogen (secondary N) is 1. The minimum absolute atomic E-state index is 0.122. The van der Waals surface area contributed by atoms with Crippen molar-refractivity contribution in [3.8, 4) is 5.75 Å². The van der Waals surface area contributed by atoms with Gasteiger partial charge in [0, 0.05) is 10.7 Å². The first kappa shape index (κ1) is 21.8. The summed E-state index contributed by atoms with van der Waals surface area (Å²) in [7, 11) is 0.